The van der Waals surface area contributed by atoms with Crippen LogP contribution in [0.2, 0.25) is 0 Å². The lowest BCUT2D eigenvalue weighted by atomic mass is 9.53. The summed E-state index contributed by atoms with van der Waals surface area (Å²) in [7, 11) is 0. The molecule has 2 N–H and O–H groups in total. The Morgan fingerprint density at radius 3 is 1.22 bits per heavy atom. The van der Waals surface area contributed by atoms with Gasteiger partial charge in [0.25, 0.3) is 10.5 Å². The molecular formula is C34H44N4O4S4. The van der Waals surface area contributed by atoms with Gasteiger partial charge in [-0.1, -0.05) is 24.4 Å². The zero-order valence-corrected chi connectivity index (χ0v) is 29.6. The van der Waals surface area contributed by atoms with E-state index in [9.17, 15) is 19.2 Å². The first-order valence-corrected chi connectivity index (χ1v) is 19.9. The zero-order valence-electron chi connectivity index (χ0n) is 26.4. The van der Waals surface area contributed by atoms with E-state index in [0.29, 0.717) is 58.6 Å². The van der Waals surface area contributed by atoms with Crippen molar-refractivity contribution in [3.05, 3.63) is 9.81 Å². The summed E-state index contributed by atoms with van der Waals surface area (Å²) in [5, 5.41) is 6.46. The lowest BCUT2D eigenvalue weighted by molar-refractivity contribution is -0.127. The summed E-state index contributed by atoms with van der Waals surface area (Å²) in [4.78, 5) is 56.9. The number of carbonyl (C=O) groups is 4. The van der Waals surface area contributed by atoms with E-state index in [4.69, 9.17) is 24.4 Å². The van der Waals surface area contributed by atoms with Gasteiger partial charge in [0.2, 0.25) is 11.8 Å². The predicted octanol–water partition coefficient (Wildman–Crippen LogP) is 6.92. The fraction of sp³-hybridized carbons (Fsp3) is 0.765. The Labute approximate surface area is 290 Å². The molecule has 2 heterocycles. The van der Waals surface area contributed by atoms with Gasteiger partial charge in [0, 0.05) is 37.0 Å². The van der Waals surface area contributed by atoms with Crippen molar-refractivity contribution in [2.75, 3.05) is 13.1 Å². The molecule has 10 aliphatic rings. The number of rotatable bonds is 10. The maximum atomic E-state index is 13.0. The van der Waals surface area contributed by atoms with Gasteiger partial charge in [-0.05, 0) is 149 Å². The topological polar surface area (TPSA) is 98.8 Å². The molecule has 0 aromatic rings. The van der Waals surface area contributed by atoms with Gasteiger partial charge in [0.05, 0.1) is 9.81 Å². The first kappa shape index (κ1) is 31.7. The van der Waals surface area contributed by atoms with Gasteiger partial charge < -0.3 is 10.6 Å². The third kappa shape index (κ3) is 5.99. The van der Waals surface area contributed by atoms with Crippen molar-refractivity contribution < 1.29 is 19.2 Å². The highest BCUT2D eigenvalue weighted by Crippen LogP contribution is 2.57. The molecule has 8 aliphatic carbocycles. The smallest absolute Gasteiger partial charge is 0.291 e. The number of thiocarbonyl (C=S) groups is 2. The van der Waals surface area contributed by atoms with Crippen LogP contribution in [0.4, 0.5) is 9.59 Å². The van der Waals surface area contributed by atoms with E-state index in [1.165, 1.54) is 38.5 Å². The predicted molar refractivity (Wildman–Crippen MR) is 188 cm³/mol. The average Bonchev–Trinajstić information content (AvgIpc) is 3.39. The Morgan fingerprint density at radius 2 is 0.913 bits per heavy atom. The molecule has 12 heteroatoms. The number of hydrogen-bond donors (Lipinski definition) is 2. The van der Waals surface area contributed by atoms with E-state index in [2.05, 4.69) is 10.6 Å². The van der Waals surface area contributed by atoms with Crippen LogP contribution in [0, 0.1) is 35.5 Å². The summed E-state index contributed by atoms with van der Waals surface area (Å²) in [5.41, 5.74) is -0.0197. The minimum atomic E-state index is -0.190. The van der Waals surface area contributed by atoms with E-state index in [1.54, 1.807) is 9.80 Å². The highest BCUT2D eigenvalue weighted by molar-refractivity contribution is 8.23. The van der Waals surface area contributed by atoms with Crippen LogP contribution in [0.3, 0.4) is 0 Å². The number of carbonyl (C=O) groups excluding carboxylic acids is 4. The van der Waals surface area contributed by atoms with Crippen LogP contribution in [-0.4, -0.2) is 66.2 Å². The Balaban J connectivity index is 0.812. The van der Waals surface area contributed by atoms with Crippen molar-refractivity contribution in [3.8, 4) is 0 Å². The van der Waals surface area contributed by atoms with Crippen LogP contribution < -0.4 is 10.6 Å². The van der Waals surface area contributed by atoms with Crippen LogP contribution >= 0.6 is 48.0 Å². The van der Waals surface area contributed by atoms with Crippen LogP contribution in [0.5, 0.6) is 0 Å². The average molecular weight is 701 g/mol. The van der Waals surface area contributed by atoms with Crippen molar-refractivity contribution in [1.82, 2.24) is 20.4 Å². The van der Waals surface area contributed by atoms with Crippen LogP contribution in [0.25, 0.3) is 0 Å². The minimum absolute atomic E-state index is 0.00985. The lowest BCUT2D eigenvalue weighted by Gasteiger charge is -2.57. The second-order valence-electron chi connectivity index (χ2n) is 16.0. The van der Waals surface area contributed by atoms with E-state index in [1.807, 2.05) is 0 Å². The van der Waals surface area contributed by atoms with E-state index in [-0.39, 0.29) is 33.4 Å². The van der Waals surface area contributed by atoms with Crippen LogP contribution in [-0.2, 0) is 9.59 Å². The second kappa shape index (κ2) is 12.1. The van der Waals surface area contributed by atoms with Gasteiger partial charge in [-0.25, -0.2) is 0 Å². The Bertz CT molecular complexity index is 1250. The first-order chi connectivity index (χ1) is 22.1. The number of nitrogens with zero attached hydrogens (tertiary/aromatic N) is 2. The molecule has 0 unspecified atom stereocenters. The molecule has 0 atom stereocenters. The summed E-state index contributed by atoms with van der Waals surface area (Å²) in [5.74, 6) is 4.78. The summed E-state index contributed by atoms with van der Waals surface area (Å²) < 4.78 is 0. The van der Waals surface area contributed by atoms with Gasteiger partial charge in [0.15, 0.2) is 0 Å². The SMILES string of the molecule is O=C(CCCN1C(=O)SC(=C2SC(=O)N(CCCC(=O)NC34CC5CC(CC(C5)C3)C4)C2=S)C1=S)NC12CC3CC(CC(C3)C1)C2. The first-order valence-electron chi connectivity index (χ1n) is 17.5. The molecule has 10 rings (SSSR count). The number of hydrogen-bond acceptors (Lipinski definition) is 8. The van der Waals surface area contributed by atoms with Gasteiger partial charge >= 0.3 is 0 Å². The standard InChI is InChI=1S/C34H44N4O4S4/c39-25(35-33-13-19-7-20(14-33)9-21(8-19)15-33)3-1-5-37-29(43)27(45-31(37)41)28-30(44)38(32(42)46-28)6-2-4-26(40)36-34-16-22-10-23(17-34)12-24(11-22)18-34/h19-24H,1-18H2,(H,35,39)(H,36,40). The third-order valence-corrected chi connectivity index (χ3v) is 15.6. The van der Waals surface area contributed by atoms with Crippen molar-refractivity contribution >= 4 is 80.2 Å². The summed E-state index contributed by atoms with van der Waals surface area (Å²) in [6.07, 6.45) is 16.5. The Hall–Kier alpha value is -1.50. The van der Waals surface area contributed by atoms with Crippen LogP contribution in [0.15, 0.2) is 9.81 Å². The summed E-state index contributed by atoms with van der Waals surface area (Å²) >= 11 is 13.5. The monoisotopic (exact) mass is 700 g/mol. The van der Waals surface area contributed by atoms with E-state index >= 15 is 0 Å². The molecular weight excluding hydrogens is 657 g/mol. The molecule has 8 bridgehead atoms. The van der Waals surface area contributed by atoms with Gasteiger partial charge in [0.1, 0.15) is 9.98 Å². The maximum Gasteiger partial charge on any atom is 0.291 e. The van der Waals surface area contributed by atoms with Crippen molar-refractivity contribution in [2.24, 2.45) is 35.5 Å². The molecule has 0 aromatic carbocycles. The van der Waals surface area contributed by atoms with Crippen molar-refractivity contribution in [1.29, 1.82) is 0 Å². The highest BCUT2D eigenvalue weighted by Gasteiger charge is 2.52. The molecule has 0 spiro atoms. The largest absolute Gasteiger partial charge is 0.351 e. The maximum absolute atomic E-state index is 13.0. The normalized spacial score (nSPS) is 40.5. The number of thioether (sulfide) groups is 2. The summed E-state index contributed by atoms with van der Waals surface area (Å²) in [6.45, 7) is 0.730. The van der Waals surface area contributed by atoms with Crippen molar-refractivity contribution in [2.45, 2.75) is 114 Å². The number of nitrogens with one attached hydrogen (secondary N) is 2. The summed E-state index contributed by atoms with van der Waals surface area (Å²) in [6, 6.07) is 0. The zero-order chi connectivity index (χ0) is 31.8. The molecule has 2 aliphatic heterocycles. The fourth-order valence-electron chi connectivity index (χ4n) is 11.5. The molecule has 0 aromatic heterocycles. The molecule has 2 saturated heterocycles. The van der Waals surface area contributed by atoms with E-state index in [0.717, 1.165) is 97.6 Å². The molecule has 8 saturated carbocycles. The molecule has 8 nitrogen and oxygen atoms in total. The Morgan fingerprint density at radius 1 is 0.609 bits per heavy atom. The van der Waals surface area contributed by atoms with Crippen molar-refractivity contribution in [3.63, 3.8) is 0 Å². The minimum Gasteiger partial charge on any atom is -0.351 e. The number of amides is 4. The third-order valence-electron chi connectivity index (χ3n) is 12.4. The van der Waals surface area contributed by atoms with Gasteiger partial charge in [-0.15, -0.1) is 0 Å². The Kier molecular flexibility index (Phi) is 8.37. The molecule has 10 fully saturated rings. The quantitative estimate of drug-likeness (QED) is 0.187. The molecule has 248 valence electrons. The molecule has 0 radical (unpaired) electrons. The highest BCUT2D eigenvalue weighted by atomic mass is 32.2. The van der Waals surface area contributed by atoms with Gasteiger partial charge in [-0.3, -0.25) is 29.0 Å². The molecule has 4 amide bonds. The lowest BCUT2D eigenvalue weighted by Crippen LogP contribution is -2.59. The second-order valence-corrected chi connectivity index (χ2v) is 18.7. The molecule has 46 heavy (non-hydrogen) atoms. The van der Waals surface area contributed by atoms with Crippen LogP contribution in [0.1, 0.15) is 103 Å². The fourth-order valence-corrected chi connectivity index (χ4v) is 14.5. The van der Waals surface area contributed by atoms with E-state index < -0.39 is 0 Å². The van der Waals surface area contributed by atoms with Gasteiger partial charge in [-0.2, -0.15) is 0 Å².